The summed E-state index contributed by atoms with van der Waals surface area (Å²) in [7, 11) is 0. The average Bonchev–Trinajstić information content (AvgIpc) is 3.22. The van der Waals surface area contributed by atoms with Crippen LogP contribution in [0, 0.1) is 0 Å². The van der Waals surface area contributed by atoms with Crippen molar-refractivity contribution in [1.29, 1.82) is 0 Å². The zero-order valence-corrected chi connectivity index (χ0v) is 23.9. The number of rotatable bonds is 0. The van der Waals surface area contributed by atoms with Gasteiger partial charge in [-0.25, -0.2) is 0 Å². The zero-order valence-electron chi connectivity index (χ0n) is 23.9. The third-order valence-electron chi connectivity index (χ3n) is 8.34. The Morgan fingerprint density at radius 2 is 0.949 bits per heavy atom. The van der Waals surface area contributed by atoms with Crippen molar-refractivity contribution < 1.29 is 0 Å². The maximum atomic E-state index is 2.46. The smallest absolute Gasteiger partial charge is 0.0165 e. The zero-order chi connectivity index (χ0) is 27.3. The Bertz CT molecular complexity index is 2020. The van der Waals surface area contributed by atoms with Crippen molar-refractivity contribution in [2.24, 2.45) is 0 Å². The van der Waals surface area contributed by atoms with Gasteiger partial charge in [-0.1, -0.05) is 126 Å². The minimum atomic E-state index is -0.0686. The summed E-state index contributed by atoms with van der Waals surface area (Å²) >= 11 is 0. The second kappa shape index (κ2) is 9.54. The predicted octanol–water partition coefficient (Wildman–Crippen LogP) is 11.8. The van der Waals surface area contributed by atoms with Crippen LogP contribution >= 0.6 is 0 Å². The van der Waals surface area contributed by atoms with Gasteiger partial charge in [-0.2, -0.15) is 0 Å². The molecule has 192 valence electrons. The van der Waals surface area contributed by atoms with Crippen molar-refractivity contribution in [2.45, 2.75) is 47.0 Å². The fourth-order valence-electron chi connectivity index (χ4n) is 6.64. The van der Waals surface area contributed by atoms with Crippen molar-refractivity contribution >= 4 is 53.9 Å². The van der Waals surface area contributed by atoms with Gasteiger partial charge < -0.3 is 0 Å². The van der Waals surface area contributed by atoms with Gasteiger partial charge in [-0.15, -0.1) is 0 Å². The lowest BCUT2D eigenvalue weighted by atomic mass is 9.79. The van der Waals surface area contributed by atoms with Crippen molar-refractivity contribution in [3.8, 4) is 11.1 Å². The molecule has 0 atom stereocenters. The highest BCUT2D eigenvalue weighted by Crippen LogP contribution is 2.53. The molecule has 0 heterocycles. The maximum Gasteiger partial charge on any atom is 0.0165 e. The summed E-state index contributed by atoms with van der Waals surface area (Å²) in [5.74, 6) is 0. The standard InChI is InChI=1S/C35H24.2C2H6/c1-35(2)32-19-26-14-13-25-17-23-8-3-4-9-24(23)18-29(25)30(26)20-31(32)28-16-15-22-12-11-21-7-5-6-10-27(21)33(22)34(28)35;2*1-2/h3-20H,1-2H3;2*1-2H3. The molecule has 0 spiro atoms. The minimum Gasteiger partial charge on any atom is -0.0683 e. The molecule has 0 aromatic heterocycles. The molecule has 0 aliphatic heterocycles. The van der Waals surface area contributed by atoms with Gasteiger partial charge >= 0.3 is 0 Å². The van der Waals surface area contributed by atoms with E-state index >= 15 is 0 Å². The second-order valence-electron chi connectivity index (χ2n) is 10.6. The van der Waals surface area contributed by atoms with Gasteiger partial charge in [0.15, 0.2) is 0 Å². The summed E-state index contributed by atoms with van der Waals surface area (Å²) < 4.78 is 0. The highest BCUT2D eigenvalue weighted by atomic mass is 14.4. The molecular weight excluding hydrogens is 468 g/mol. The van der Waals surface area contributed by atoms with Gasteiger partial charge in [-0.05, 0) is 100 Å². The lowest BCUT2D eigenvalue weighted by Crippen LogP contribution is -2.15. The van der Waals surface area contributed by atoms with Gasteiger partial charge in [0.2, 0.25) is 0 Å². The van der Waals surface area contributed by atoms with E-state index in [0.29, 0.717) is 0 Å². The first-order valence-corrected chi connectivity index (χ1v) is 14.4. The van der Waals surface area contributed by atoms with E-state index in [4.69, 9.17) is 0 Å². The van der Waals surface area contributed by atoms with Gasteiger partial charge in [0.1, 0.15) is 0 Å². The lowest BCUT2D eigenvalue weighted by molar-refractivity contribution is 0.667. The van der Waals surface area contributed by atoms with Crippen LogP contribution in [0.2, 0.25) is 0 Å². The number of benzene rings is 7. The van der Waals surface area contributed by atoms with E-state index in [1.807, 2.05) is 27.7 Å². The summed E-state index contributed by atoms with van der Waals surface area (Å²) in [5, 5.41) is 13.3. The molecule has 39 heavy (non-hydrogen) atoms. The largest absolute Gasteiger partial charge is 0.0683 e. The van der Waals surface area contributed by atoms with E-state index in [1.54, 1.807) is 0 Å². The molecule has 0 radical (unpaired) electrons. The topological polar surface area (TPSA) is 0 Å². The summed E-state index contributed by atoms with van der Waals surface area (Å²) in [5.41, 5.74) is 5.59. The molecule has 7 aromatic carbocycles. The molecule has 0 heteroatoms. The summed E-state index contributed by atoms with van der Waals surface area (Å²) in [6.45, 7) is 12.8. The van der Waals surface area contributed by atoms with Gasteiger partial charge in [-0.3, -0.25) is 0 Å². The molecule has 0 nitrogen and oxygen atoms in total. The predicted molar refractivity (Wildman–Crippen MR) is 174 cm³/mol. The van der Waals surface area contributed by atoms with Crippen molar-refractivity contribution in [2.75, 3.05) is 0 Å². The van der Waals surface area contributed by atoms with Crippen LogP contribution in [0.5, 0.6) is 0 Å². The molecule has 0 saturated heterocycles. The second-order valence-corrected chi connectivity index (χ2v) is 10.6. The number of hydrogen-bond donors (Lipinski definition) is 0. The molecule has 0 saturated carbocycles. The quantitative estimate of drug-likeness (QED) is 0.142. The van der Waals surface area contributed by atoms with Crippen LogP contribution in [0.1, 0.15) is 52.7 Å². The van der Waals surface area contributed by atoms with E-state index in [0.717, 1.165) is 0 Å². The van der Waals surface area contributed by atoms with Crippen molar-refractivity contribution in [3.63, 3.8) is 0 Å². The van der Waals surface area contributed by atoms with Crippen molar-refractivity contribution in [3.05, 3.63) is 120 Å². The first-order valence-electron chi connectivity index (χ1n) is 14.4. The van der Waals surface area contributed by atoms with Crippen LogP contribution in [-0.4, -0.2) is 0 Å². The molecule has 0 amide bonds. The third kappa shape index (κ3) is 3.66. The Morgan fingerprint density at radius 1 is 0.410 bits per heavy atom. The van der Waals surface area contributed by atoms with Gasteiger partial charge in [0.05, 0.1) is 0 Å². The minimum absolute atomic E-state index is 0.0686. The Hall–Kier alpha value is -4.16. The first-order chi connectivity index (χ1) is 19.1. The molecular formula is C39H36. The fraction of sp³-hybridized carbons (Fsp3) is 0.179. The SMILES string of the molecule is CC.CC.CC1(C)c2cc3ccc4cc5ccccc5cc4c3cc2-c2ccc3ccc4ccccc4c3c21. The van der Waals surface area contributed by atoms with Crippen LogP contribution in [-0.2, 0) is 5.41 Å². The van der Waals surface area contributed by atoms with E-state index in [9.17, 15) is 0 Å². The first kappa shape index (κ1) is 25.1. The fourth-order valence-corrected chi connectivity index (χ4v) is 6.64. The molecule has 0 bridgehead atoms. The summed E-state index contributed by atoms with van der Waals surface area (Å²) in [6, 6.07) is 40.9. The molecule has 1 aliphatic rings. The highest BCUT2D eigenvalue weighted by Gasteiger charge is 2.37. The molecule has 1 aliphatic carbocycles. The van der Waals surface area contributed by atoms with Crippen LogP contribution < -0.4 is 0 Å². The Morgan fingerprint density at radius 3 is 1.69 bits per heavy atom. The summed E-state index contributed by atoms with van der Waals surface area (Å²) in [6.07, 6.45) is 0. The Kier molecular flexibility index (Phi) is 6.15. The van der Waals surface area contributed by atoms with Crippen LogP contribution in [0.25, 0.3) is 65.0 Å². The lowest BCUT2D eigenvalue weighted by Gasteiger charge is -2.24. The van der Waals surface area contributed by atoms with Gasteiger partial charge in [0.25, 0.3) is 0 Å². The summed E-state index contributed by atoms with van der Waals surface area (Å²) in [4.78, 5) is 0. The Labute approximate surface area is 231 Å². The number of fused-ring (bicyclic) bond motifs is 11. The maximum absolute atomic E-state index is 2.46. The molecule has 7 aromatic rings. The average molecular weight is 505 g/mol. The van der Waals surface area contributed by atoms with Crippen LogP contribution in [0.4, 0.5) is 0 Å². The third-order valence-corrected chi connectivity index (χ3v) is 8.34. The highest BCUT2D eigenvalue weighted by molar-refractivity contribution is 6.16. The Balaban J connectivity index is 0.000000663. The molecule has 0 N–H and O–H groups in total. The molecule has 0 fully saturated rings. The van der Waals surface area contributed by atoms with E-state index in [1.165, 1.54) is 76.1 Å². The van der Waals surface area contributed by atoms with E-state index in [-0.39, 0.29) is 5.41 Å². The number of hydrogen-bond acceptors (Lipinski definition) is 0. The monoisotopic (exact) mass is 504 g/mol. The van der Waals surface area contributed by atoms with E-state index in [2.05, 4.69) is 123 Å². The van der Waals surface area contributed by atoms with Crippen molar-refractivity contribution in [1.82, 2.24) is 0 Å². The normalized spacial score (nSPS) is 13.1. The molecule has 8 rings (SSSR count). The molecule has 0 unspecified atom stereocenters. The van der Waals surface area contributed by atoms with E-state index < -0.39 is 0 Å². The van der Waals surface area contributed by atoms with Crippen LogP contribution in [0.3, 0.4) is 0 Å². The van der Waals surface area contributed by atoms with Crippen LogP contribution in [0.15, 0.2) is 109 Å². The van der Waals surface area contributed by atoms with Gasteiger partial charge in [0, 0.05) is 5.41 Å².